The van der Waals surface area contributed by atoms with Crippen molar-refractivity contribution in [2.45, 2.75) is 32.8 Å². The molecule has 0 unspecified atom stereocenters. The van der Waals surface area contributed by atoms with Crippen LogP contribution in [0.5, 0.6) is 0 Å². The van der Waals surface area contributed by atoms with Gasteiger partial charge in [0.2, 0.25) is 0 Å². The predicted octanol–water partition coefficient (Wildman–Crippen LogP) is 3.76. The third-order valence-corrected chi connectivity index (χ3v) is 2.97. The summed E-state index contributed by atoms with van der Waals surface area (Å²) >= 11 is 3.45. The smallest absolute Gasteiger partial charge is 0.412 e. The molecule has 2 N–H and O–H groups in total. The minimum atomic E-state index is -0.493. The Morgan fingerprint density at radius 3 is 2.83 bits per heavy atom. The maximum atomic E-state index is 11.8. The third-order valence-electron chi connectivity index (χ3n) is 2.52. The summed E-state index contributed by atoms with van der Waals surface area (Å²) in [6.45, 7) is 6.43. The summed E-state index contributed by atoms with van der Waals surface area (Å²) < 4.78 is 6.20. The normalized spacial score (nSPS) is 13.8. The molecule has 0 bridgehead atoms. The maximum absolute atomic E-state index is 11.8. The van der Waals surface area contributed by atoms with Gasteiger partial charge in [0.25, 0.3) is 0 Å². The van der Waals surface area contributed by atoms with Crippen molar-refractivity contribution in [3.63, 3.8) is 0 Å². The zero-order chi connectivity index (χ0) is 13.3. The molecule has 1 amide bonds. The fourth-order valence-corrected chi connectivity index (χ4v) is 2.41. The van der Waals surface area contributed by atoms with Crippen molar-refractivity contribution in [2.75, 3.05) is 17.2 Å². The molecule has 0 spiro atoms. The fraction of sp³-hybridized carbons (Fsp3) is 0.462. The number of fused-ring (bicyclic) bond motifs is 1. The zero-order valence-electron chi connectivity index (χ0n) is 10.8. The average molecular weight is 313 g/mol. The largest absolute Gasteiger partial charge is 0.444 e. The number of hydrogen-bond acceptors (Lipinski definition) is 3. The first-order valence-electron chi connectivity index (χ1n) is 5.91. The number of benzene rings is 1. The van der Waals surface area contributed by atoms with E-state index in [-0.39, 0.29) is 0 Å². The van der Waals surface area contributed by atoms with Gasteiger partial charge in [-0.1, -0.05) is 15.9 Å². The Labute approximate surface area is 115 Å². The van der Waals surface area contributed by atoms with Gasteiger partial charge in [-0.05, 0) is 44.9 Å². The summed E-state index contributed by atoms with van der Waals surface area (Å²) in [7, 11) is 0. The summed E-state index contributed by atoms with van der Waals surface area (Å²) in [5, 5.41) is 6.06. The van der Waals surface area contributed by atoms with Crippen LogP contribution >= 0.6 is 15.9 Å². The number of ether oxygens (including phenoxy) is 1. The van der Waals surface area contributed by atoms with Crippen LogP contribution in [0.2, 0.25) is 0 Å². The number of rotatable bonds is 1. The molecule has 1 aromatic rings. The van der Waals surface area contributed by atoms with E-state index in [0.29, 0.717) is 0 Å². The van der Waals surface area contributed by atoms with Gasteiger partial charge in [0, 0.05) is 11.0 Å². The van der Waals surface area contributed by atoms with Gasteiger partial charge < -0.3 is 10.1 Å². The Bertz CT molecular complexity index is 481. The van der Waals surface area contributed by atoms with Crippen molar-refractivity contribution in [1.82, 2.24) is 0 Å². The predicted molar refractivity (Wildman–Crippen MR) is 76.2 cm³/mol. The van der Waals surface area contributed by atoms with Crippen LogP contribution in [0.4, 0.5) is 16.2 Å². The second kappa shape index (κ2) is 4.80. The molecule has 0 saturated carbocycles. The Kier molecular flexibility index (Phi) is 3.52. The van der Waals surface area contributed by atoms with E-state index >= 15 is 0 Å². The second-order valence-corrected chi connectivity index (χ2v) is 6.21. The molecule has 2 rings (SSSR count). The van der Waals surface area contributed by atoms with Crippen LogP contribution in [-0.4, -0.2) is 18.2 Å². The van der Waals surface area contributed by atoms with Gasteiger partial charge in [-0.25, -0.2) is 4.79 Å². The molecule has 0 atom stereocenters. The van der Waals surface area contributed by atoms with Gasteiger partial charge in [-0.2, -0.15) is 0 Å². The number of anilines is 2. The zero-order valence-corrected chi connectivity index (χ0v) is 12.3. The maximum Gasteiger partial charge on any atom is 0.412 e. The van der Waals surface area contributed by atoms with E-state index in [1.807, 2.05) is 26.8 Å². The van der Waals surface area contributed by atoms with Gasteiger partial charge >= 0.3 is 6.09 Å². The molecule has 1 heterocycles. The number of carbonyl (C=O) groups is 1. The molecule has 18 heavy (non-hydrogen) atoms. The van der Waals surface area contributed by atoms with Crippen LogP contribution in [0.1, 0.15) is 26.3 Å². The van der Waals surface area contributed by atoms with Crippen LogP contribution in [0, 0.1) is 0 Å². The molecule has 0 aliphatic carbocycles. The Hall–Kier alpha value is -1.23. The summed E-state index contributed by atoms with van der Waals surface area (Å²) in [6.07, 6.45) is 0.536. The quantitative estimate of drug-likeness (QED) is 0.830. The number of hydrogen-bond donors (Lipinski definition) is 2. The highest BCUT2D eigenvalue weighted by Gasteiger charge is 2.20. The number of halogens is 1. The Morgan fingerprint density at radius 1 is 1.44 bits per heavy atom. The van der Waals surface area contributed by atoms with Crippen molar-refractivity contribution in [3.8, 4) is 0 Å². The standard InChI is InChI=1S/C13H17BrN2O2/c1-13(2,3)18-12(17)16-10-7-9(14)6-8-4-5-15-11(8)10/h6-7,15H,4-5H2,1-3H3,(H,16,17). The van der Waals surface area contributed by atoms with E-state index in [1.54, 1.807) is 0 Å². The highest BCUT2D eigenvalue weighted by Crippen LogP contribution is 2.34. The lowest BCUT2D eigenvalue weighted by molar-refractivity contribution is 0.0636. The lowest BCUT2D eigenvalue weighted by Gasteiger charge is -2.20. The van der Waals surface area contributed by atoms with Crippen LogP contribution < -0.4 is 10.6 Å². The van der Waals surface area contributed by atoms with E-state index < -0.39 is 11.7 Å². The minimum absolute atomic E-state index is 0.434. The first-order valence-corrected chi connectivity index (χ1v) is 6.71. The first kappa shape index (κ1) is 13.2. The topological polar surface area (TPSA) is 50.4 Å². The molecule has 1 aliphatic heterocycles. The van der Waals surface area contributed by atoms with E-state index in [4.69, 9.17) is 4.74 Å². The van der Waals surface area contributed by atoms with Crippen molar-refractivity contribution in [3.05, 3.63) is 22.2 Å². The number of nitrogens with one attached hydrogen (secondary N) is 2. The molecule has 5 heteroatoms. The molecular weight excluding hydrogens is 296 g/mol. The summed E-state index contributed by atoms with van der Waals surface area (Å²) in [4.78, 5) is 11.8. The molecule has 0 saturated heterocycles. The molecule has 4 nitrogen and oxygen atoms in total. The van der Waals surface area contributed by atoms with E-state index in [2.05, 4.69) is 32.6 Å². The Balaban J connectivity index is 2.17. The van der Waals surface area contributed by atoms with Gasteiger partial charge in [0.05, 0.1) is 11.4 Å². The Morgan fingerprint density at radius 2 is 2.17 bits per heavy atom. The first-order chi connectivity index (χ1) is 8.35. The average Bonchev–Trinajstić information content (AvgIpc) is 2.61. The van der Waals surface area contributed by atoms with Crippen molar-refractivity contribution in [2.24, 2.45) is 0 Å². The van der Waals surface area contributed by atoms with Crippen molar-refractivity contribution in [1.29, 1.82) is 0 Å². The van der Waals surface area contributed by atoms with Crippen LogP contribution in [-0.2, 0) is 11.2 Å². The van der Waals surface area contributed by atoms with Crippen LogP contribution in [0.25, 0.3) is 0 Å². The van der Waals surface area contributed by atoms with Gasteiger partial charge in [0.15, 0.2) is 0 Å². The lowest BCUT2D eigenvalue weighted by atomic mass is 10.1. The highest BCUT2D eigenvalue weighted by atomic mass is 79.9. The fourth-order valence-electron chi connectivity index (χ4n) is 1.90. The summed E-state index contributed by atoms with van der Waals surface area (Å²) in [6, 6.07) is 3.94. The summed E-state index contributed by atoms with van der Waals surface area (Å²) in [5.74, 6) is 0. The van der Waals surface area contributed by atoms with Gasteiger partial charge in [0.1, 0.15) is 5.60 Å². The van der Waals surface area contributed by atoms with Crippen LogP contribution in [0.15, 0.2) is 16.6 Å². The highest BCUT2D eigenvalue weighted by molar-refractivity contribution is 9.10. The monoisotopic (exact) mass is 312 g/mol. The number of carbonyl (C=O) groups excluding carboxylic acids is 1. The molecule has 98 valence electrons. The second-order valence-electron chi connectivity index (χ2n) is 5.29. The number of amides is 1. The molecule has 0 aromatic heterocycles. The van der Waals surface area contributed by atoms with Crippen molar-refractivity contribution >= 4 is 33.4 Å². The van der Waals surface area contributed by atoms with Gasteiger partial charge in [-0.15, -0.1) is 0 Å². The minimum Gasteiger partial charge on any atom is -0.444 e. The SMILES string of the molecule is CC(C)(C)OC(=O)Nc1cc(Br)cc2c1NCC2. The van der Waals surface area contributed by atoms with E-state index in [9.17, 15) is 4.79 Å². The van der Waals surface area contributed by atoms with Gasteiger partial charge in [-0.3, -0.25) is 5.32 Å². The molecular formula is C13H17BrN2O2. The molecule has 0 radical (unpaired) electrons. The van der Waals surface area contributed by atoms with Crippen molar-refractivity contribution < 1.29 is 9.53 Å². The van der Waals surface area contributed by atoms with E-state index in [0.717, 1.165) is 28.8 Å². The molecule has 0 fully saturated rings. The lowest BCUT2D eigenvalue weighted by Crippen LogP contribution is -2.27. The molecule has 1 aromatic carbocycles. The van der Waals surface area contributed by atoms with E-state index in [1.165, 1.54) is 5.56 Å². The molecule has 1 aliphatic rings. The summed E-state index contributed by atoms with van der Waals surface area (Å²) in [5.41, 5.74) is 2.46. The van der Waals surface area contributed by atoms with Crippen LogP contribution in [0.3, 0.4) is 0 Å². The third kappa shape index (κ3) is 3.16.